The van der Waals surface area contributed by atoms with E-state index in [1.165, 1.54) is 25.0 Å². The molecule has 0 aliphatic carbocycles. The van der Waals surface area contributed by atoms with Crippen LogP contribution in [0.15, 0.2) is 73.1 Å². The smallest absolute Gasteiger partial charge is 0.297 e. The molecule has 0 unspecified atom stereocenters. The third-order valence-corrected chi connectivity index (χ3v) is 6.63. The highest BCUT2D eigenvalue weighted by molar-refractivity contribution is 5.64. The summed E-state index contributed by atoms with van der Waals surface area (Å²) in [6.45, 7) is 8.45. The predicted molar refractivity (Wildman–Crippen MR) is 126 cm³/mol. The Hall–Kier alpha value is -2.70. The number of halogens is 3. The van der Waals surface area contributed by atoms with E-state index >= 15 is 0 Å². The van der Waals surface area contributed by atoms with Gasteiger partial charge in [-0.3, -0.25) is 14.8 Å². The van der Waals surface area contributed by atoms with Gasteiger partial charge in [0.25, 0.3) is 0 Å². The lowest BCUT2D eigenvalue weighted by molar-refractivity contribution is -0.180. The number of nitrogens with zero attached hydrogens (tertiary/aromatic N) is 3. The molecule has 2 aromatic carbocycles. The topological polar surface area (TPSA) is 19.4 Å². The molecular weight excluding hydrogens is 423 g/mol. The zero-order valence-electron chi connectivity index (χ0n) is 19.1. The van der Waals surface area contributed by atoms with Crippen molar-refractivity contribution in [3.63, 3.8) is 0 Å². The molecule has 1 saturated heterocycles. The van der Waals surface area contributed by atoms with Crippen molar-refractivity contribution in [3.05, 3.63) is 89.7 Å². The Labute approximate surface area is 193 Å². The fourth-order valence-electron chi connectivity index (χ4n) is 4.16. The van der Waals surface area contributed by atoms with Gasteiger partial charge < -0.3 is 0 Å². The van der Waals surface area contributed by atoms with Crippen molar-refractivity contribution in [1.29, 1.82) is 0 Å². The lowest BCUT2D eigenvalue weighted by atomic mass is 9.83. The first-order valence-electron chi connectivity index (χ1n) is 11.3. The van der Waals surface area contributed by atoms with Crippen LogP contribution in [0.25, 0.3) is 11.1 Å². The fraction of sp³-hybridized carbons (Fsp3) is 0.370. The number of pyridine rings is 1. The summed E-state index contributed by atoms with van der Waals surface area (Å²) in [6.07, 6.45) is -0.597. The summed E-state index contributed by atoms with van der Waals surface area (Å²) in [6, 6.07) is 19.2. The molecule has 3 aromatic rings. The van der Waals surface area contributed by atoms with Gasteiger partial charge in [-0.05, 0) is 53.8 Å². The molecule has 33 heavy (non-hydrogen) atoms. The van der Waals surface area contributed by atoms with Crippen LogP contribution >= 0.6 is 0 Å². The van der Waals surface area contributed by atoms with Crippen LogP contribution in [0.3, 0.4) is 0 Å². The van der Waals surface area contributed by atoms with Crippen LogP contribution in [0.2, 0.25) is 0 Å². The Morgan fingerprint density at radius 3 is 1.55 bits per heavy atom. The second-order valence-corrected chi connectivity index (χ2v) is 9.30. The quantitative estimate of drug-likeness (QED) is 0.463. The van der Waals surface area contributed by atoms with E-state index < -0.39 is 11.6 Å². The molecule has 0 spiro atoms. The summed E-state index contributed by atoms with van der Waals surface area (Å²) < 4.78 is 39.9. The summed E-state index contributed by atoms with van der Waals surface area (Å²) >= 11 is 0. The highest BCUT2D eigenvalue weighted by atomic mass is 19.4. The Morgan fingerprint density at radius 1 is 0.667 bits per heavy atom. The number of hydrogen-bond donors (Lipinski definition) is 0. The molecule has 6 heteroatoms. The summed E-state index contributed by atoms with van der Waals surface area (Å²) in [7, 11) is 0. The average Bonchev–Trinajstić information content (AvgIpc) is 2.81. The maximum Gasteiger partial charge on any atom is 0.397 e. The molecule has 0 bridgehead atoms. The van der Waals surface area contributed by atoms with Crippen LogP contribution in [0.5, 0.6) is 0 Å². The number of benzene rings is 2. The molecule has 1 fully saturated rings. The summed E-state index contributed by atoms with van der Waals surface area (Å²) in [5, 5.41) is 0. The van der Waals surface area contributed by atoms with Crippen LogP contribution in [0.1, 0.15) is 30.5 Å². The summed E-state index contributed by atoms with van der Waals surface area (Å²) in [5.41, 5.74) is 2.89. The normalized spacial score (nSPS) is 16.2. The van der Waals surface area contributed by atoms with E-state index in [1.54, 1.807) is 24.3 Å². The molecule has 1 aromatic heterocycles. The van der Waals surface area contributed by atoms with Crippen molar-refractivity contribution in [2.45, 2.75) is 38.5 Å². The van der Waals surface area contributed by atoms with Gasteiger partial charge in [0, 0.05) is 51.7 Å². The molecule has 0 saturated carbocycles. The minimum Gasteiger partial charge on any atom is -0.297 e. The van der Waals surface area contributed by atoms with Crippen molar-refractivity contribution in [1.82, 2.24) is 14.8 Å². The van der Waals surface area contributed by atoms with Gasteiger partial charge in [-0.1, -0.05) is 48.5 Å². The Balaban J connectivity index is 1.32. The van der Waals surface area contributed by atoms with Gasteiger partial charge >= 0.3 is 6.18 Å². The van der Waals surface area contributed by atoms with Crippen LogP contribution in [-0.2, 0) is 18.5 Å². The van der Waals surface area contributed by atoms with E-state index in [2.05, 4.69) is 51.2 Å². The minimum atomic E-state index is -4.28. The first kappa shape index (κ1) is 23.5. The van der Waals surface area contributed by atoms with Crippen molar-refractivity contribution >= 4 is 0 Å². The van der Waals surface area contributed by atoms with Gasteiger partial charge in [-0.15, -0.1) is 0 Å². The van der Waals surface area contributed by atoms with E-state index in [1.807, 2.05) is 12.4 Å². The number of piperazine rings is 1. The second kappa shape index (κ2) is 9.65. The Kier molecular flexibility index (Phi) is 6.86. The standard InChI is InChI=1S/C27H30F3N3/c1-26(2,27(28,29)30)25-9-7-24(8-10-25)23-5-3-21(4-6-23)19-32-15-17-33(18-16-32)20-22-11-13-31-14-12-22/h3-14H,15-20H2,1-2H3. The molecule has 0 amide bonds. The van der Waals surface area contributed by atoms with E-state index in [4.69, 9.17) is 0 Å². The highest BCUT2D eigenvalue weighted by Crippen LogP contribution is 2.40. The van der Waals surface area contributed by atoms with Gasteiger partial charge in [0.15, 0.2) is 0 Å². The van der Waals surface area contributed by atoms with Gasteiger partial charge in [-0.25, -0.2) is 0 Å². The molecule has 2 heterocycles. The number of alkyl halides is 3. The summed E-state index contributed by atoms with van der Waals surface area (Å²) in [4.78, 5) is 9.01. The maximum absolute atomic E-state index is 13.3. The Bertz CT molecular complexity index is 1020. The van der Waals surface area contributed by atoms with Crippen LogP contribution < -0.4 is 0 Å². The van der Waals surface area contributed by atoms with E-state index in [9.17, 15) is 13.2 Å². The lowest BCUT2D eigenvalue weighted by Gasteiger charge is -2.34. The van der Waals surface area contributed by atoms with E-state index in [0.29, 0.717) is 0 Å². The van der Waals surface area contributed by atoms with Crippen molar-refractivity contribution < 1.29 is 13.2 Å². The number of hydrogen-bond acceptors (Lipinski definition) is 3. The van der Waals surface area contributed by atoms with Gasteiger partial charge in [0.1, 0.15) is 0 Å². The molecule has 174 valence electrons. The highest BCUT2D eigenvalue weighted by Gasteiger charge is 2.48. The fourth-order valence-corrected chi connectivity index (χ4v) is 4.16. The van der Waals surface area contributed by atoms with Gasteiger partial charge in [-0.2, -0.15) is 13.2 Å². The first-order valence-corrected chi connectivity index (χ1v) is 11.3. The molecule has 0 radical (unpaired) electrons. The van der Waals surface area contributed by atoms with E-state index in [-0.39, 0.29) is 5.56 Å². The molecule has 0 N–H and O–H groups in total. The van der Waals surface area contributed by atoms with Crippen LogP contribution in [0, 0.1) is 0 Å². The van der Waals surface area contributed by atoms with E-state index in [0.717, 1.165) is 50.4 Å². The van der Waals surface area contributed by atoms with Gasteiger partial charge in [0.05, 0.1) is 5.41 Å². The largest absolute Gasteiger partial charge is 0.397 e. The van der Waals surface area contributed by atoms with Crippen LogP contribution in [-0.4, -0.2) is 47.1 Å². The predicted octanol–water partition coefficient (Wildman–Crippen LogP) is 5.91. The zero-order valence-corrected chi connectivity index (χ0v) is 19.1. The SMILES string of the molecule is CC(C)(c1ccc(-c2ccc(CN3CCN(Cc4ccncc4)CC3)cc2)cc1)C(F)(F)F. The van der Waals surface area contributed by atoms with Crippen molar-refractivity contribution in [2.75, 3.05) is 26.2 Å². The minimum absolute atomic E-state index is 0.276. The Morgan fingerprint density at radius 2 is 1.09 bits per heavy atom. The summed E-state index contributed by atoms with van der Waals surface area (Å²) in [5.74, 6) is 0. The van der Waals surface area contributed by atoms with Crippen molar-refractivity contribution in [2.24, 2.45) is 0 Å². The monoisotopic (exact) mass is 453 g/mol. The first-order chi connectivity index (χ1) is 15.7. The average molecular weight is 454 g/mol. The molecule has 3 nitrogen and oxygen atoms in total. The van der Waals surface area contributed by atoms with Crippen molar-refractivity contribution in [3.8, 4) is 11.1 Å². The van der Waals surface area contributed by atoms with Crippen LogP contribution in [0.4, 0.5) is 13.2 Å². The molecule has 0 atom stereocenters. The molecule has 4 rings (SSSR count). The maximum atomic E-state index is 13.3. The van der Waals surface area contributed by atoms with Gasteiger partial charge in [0.2, 0.25) is 0 Å². The number of rotatable bonds is 6. The lowest BCUT2D eigenvalue weighted by Crippen LogP contribution is -2.45. The molecule has 1 aliphatic rings. The number of aromatic nitrogens is 1. The second-order valence-electron chi connectivity index (χ2n) is 9.30. The zero-order chi connectivity index (χ0) is 23.5. The molecule has 1 aliphatic heterocycles. The third-order valence-electron chi connectivity index (χ3n) is 6.63. The third kappa shape index (κ3) is 5.63. The molecular formula is C27H30F3N3.